The summed E-state index contributed by atoms with van der Waals surface area (Å²) in [5.41, 5.74) is 0. The molecule has 0 aliphatic heterocycles. The summed E-state index contributed by atoms with van der Waals surface area (Å²) in [4.78, 5) is 12.1. The Balaban J connectivity index is 0. The highest BCUT2D eigenvalue weighted by Crippen LogP contribution is 2.22. The lowest BCUT2D eigenvalue weighted by molar-refractivity contribution is -0.143. The normalized spacial score (nSPS) is 11.5. The molecule has 0 aromatic heterocycles. The van der Waals surface area contributed by atoms with Crippen molar-refractivity contribution in [1.29, 1.82) is 0 Å². The molecule has 0 rings (SSSR count). The number of hydrogen-bond donors (Lipinski definition) is 0. The molecule has 0 heterocycles. The van der Waals surface area contributed by atoms with E-state index in [1.807, 2.05) is 0 Å². The summed E-state index contributed by atoms with van der Waals surface area (Å²) in [5.74, 6) is 0.0345. The molecule has 0 N–H and O–H groups in total. The van der Waals surface area contributed by atoms with Crippen molar-refractivity contribution in [2.24, 2.45) is 0 Å². The molecule has 0 amide bonds. The van der Waals surface area contributed by atoms with E-state index in [2.05, 4.69) is 27.7 Å². The van der Waals surface area contributed by atoms with Gasteiger partial charge in [-0.2, -0.15) is 0 Å². The minimum atomic E-state index is 0.0345. The van der Waals surface area contributed by atoms with E-state index in [-0.39, 0.29) is 5.97 Å². The molecule has 0 fully saturated rings. The molecule has 0 bridgehead atoms. The molecule has 0 aliphatic rings. The van der Waals surface area contributed by atoms with Crippen molar-refractivity contribution in [3.8, 4) is 0 Å². The zero-order valence-electron chi connectivity index (χ0n) is 66.1. The van der Waals surface area contributed by atoms with Crippen LogP contribution >= 0.6 is 0 Å². The average molecular weight is 1310 g/mol. The molecule has 2 nitrogen and oxygen atoms in total. The molecule has 93 heavy (non-hydrogen) atoms. The molecule has 2 heteroatoms. The van der Waals surface area contributed by atoms with Crippen molar-refractivity contribution >= 4 is 5.97 Å². The Hall–Kier alpha value is -0.530. The predicted molar refractivity (Wildman–Crippen MR) is 426 cm³/mol. The molecule has 0 saturated heterocycles. The van der Waals surface area contributed by atoms with Crippen LogP contribution in [-0.4, -0.2) is 12.6 Å². The van der Waals surface area contributed by atoms with E-state index in [1.165, 1.54) is 527 Å². The lowest BCUT2D eigenvalue weighted by atomic mass is 10.0. The van der Waals surface area contributed by atoms with Crippen LogP contribution in [0.1, 0.15) is 573 Å². The van der Waals surface area contributed by atoms with Crippen LogP contribution in [-0.2, 0) is 9.53 Å². The standard InChI is InChI=1S/C55H110O2.C36H74/c1-3-5-7-9-11-13-15-17-19-21-22-23-24-25-26-27-28-29-30-31-32-33-34-35-36-37-39-41-43-45-47-49-51-53-55(56)57-54-52-50-48-46-44-42-40-38-20-18-16-14-12-10-8-6-4-2;1-3-5-7-9-11-13-15-17-19-21-23-25-27-29-31-33-35-36-34-32-30-28-26-24-22-20-18-16-14-12-10-8-6-4-2/h3-54H2,1-2H3;3-36H2,1-2H3. The predicted octanol–water partition coefficient (Wildman–Crippen LogP) is 34.8. The maximum absolute atomic E-state index is 12.1. The van der Waals surface area contributed by atoms with Gasteiger partial charge in [-0.1, -0.05) is 554 Å². The summed E-state index contributed by atoms with van der Waals surface area (Å²) >= 11 is 0. The number of unbranched alkanes of at least 4 members (excludes halogenated alkanes) is 81. The summed E-state index contributed by atoms with van der Waals surface area (Å²) in [7, 11) is 0. The molecular formula is C91H184O2. The van der Waals surface area contributed by atoms with Crippen LogP contribution in [0.3, 0.4) is 0 Å². The monoisotopic (exact) mass is 1310 g/mol. The summed E-state index contributed by atoms with van der Waals surface area (Å²) in [6, 6.07) is 0. The maximum Gasteiger partial charge on any atom is 0.305 e. The fourth-order valence-corrected chi connectivity index (χ4v) is 14.7. The molecule has 0 saturated carbocycles. The van der Waals surface area contributed by atoms with Gasteiger partial charge in [-0.25, -0.2) is 0 Å². The molecule has 0 aromatic rings. The third-order valence-corrected chi connectivity index (χ3v) is 21.5. The molecule has 0 radical (unpaired) electrons. The Kier molecular flexibility index (Phi) is 95.1. The minimum Gasteiger partial charge on any atom is -0.466 e. The van der Waals surface area contributed by atoms with Gasteiger partial charge in [0.25, 0.3) is 0 Å². The number of rotatable bonds is 85. The number of carbonyl (C=O) groups is 1. The molecule has 0 aromatic carbocycles. The van der Waals surface area contributed by atoms with Crippen LogP contribution in [0.25, 0.3) is 0 Å². The van der Waals surface area contributed by atoms with Crippen LogP contribution in [0.4, 0.5) is 0 Å². The summed E-state index contributed by atoms with van der Waals surface area (Å²) in [6.07, 6.45) is 122. The number of esters is 1. The molecule has 0 spiro atoms. The topological polar surface area (TPSA) is 26.3 Å². The third-order valence-electron chi connectivity index (χ3n) is 21.5. The van der Waals surface area contributed by atoms with E-state index in [9.17, 15) is 4.79 Å². The first-order chi connectivity index (χ1) is 46.2. The Morgan fingerprint density at radius 1 is 0.140 bits per heavy atom. The minimum absolute atomic E-state index is 0.0345. The molecule has 0 aliphatic carbocycles. The number of carbonyl (C=O) groups excluding carboxylic acids is 1. The highest BCUT2D eigenvalue weighted by Gasteiger charge is 2.05. The Labute approximate surface area is 592 Å². The van der Waals surface area contributed by atoms with Gasteiger partial charge >= 0.3 is 5.97 Å². The summed E-state index contributed by atoms with van der Waals surface area (Å²) in [6.45, 7) is 9.86. The average Bonchev–Trinajstić information content (AvgIpc) is 3.60. The first kappa shape index (κ1) is 94.5. The van der Waals surface area contributed by atoms with Crippen molar-refractivity contribution < 1.29 is 9.53 Å². The Bertz CT molecular complexity index is 1190. The van der Waals surface area contributed by atoms with Gasteiger partial charge in [0.15, 0.2) is 0 Å². The first-order valence-electron chi connectivity index (χ1n) is 45.4. The van der Waals surface area contributed by atoms with E-state index >= 15 is 0 Å². The first-order valence-corrected chi connectivity index (χ1v) is 45.4. The molecular weight excluding hydrogens is 1120 g/mol. The highest BCUT2D eigenvalue weighted by molar-refractivity contribution is 5.69. The zero-order chi connectivity index (χ0) is 67.1. The second-order valence-corrected chi connectivity index (χ2v) is 31.3. The van der Waals surface area contributed by atoms with Gasteiger partial charge in [0, 0.05) is 6.42 Å². The molecule has 0 unspecified atom stereocenters. The van der Waals surface area contributed by atoms with Crippen molar-refractivity contribution in [1.82, 2.24) is 0 Å². The molecule has 0 atom stereocenters. The second-order valence-electron chi connectivity index (χ2n) is 31.3. The van der Waals surface area contributed by atoms with Gasteiger partial charge in [0.05, 0.1) is 6.61 Å². The summed E-state index contributed by atoms with van der Waals surface area (Å²) < 4.78 is 5.50. The second kappa shape index (κ2) is 93.5. The third kappa shape index (κ3) is 95.7. The lowest BCUT2D eigenvalue weighted by Gasteiger charge is -2.06. The van der Waals surface area contributed by atoms with Crippen molar-refractivity contribution in [2.45, 2.75) is 573 Å². The van der Waals surface area contributed by atoms with Crippen molar-refractivity contribution in [3.05, 3.63) is 0 Å². The molecule has 560 valence electrons. The van der Waals surface area contributed by atoms with E-state index in [1.54, 1.807) is 0 Å². The van der Waals surface area contributed by atoms with Gasteiger partial charge in [0.1, 0.15) is 0 Å². The van der Waals surface area contributed by atoms with E-state index < -0.39 is 0 Å². The van der Waals surface area contributed by atoms with Gasteiger partial charge in [-0.3, -0.25) is 4.79 Å². The highest BCUT2D eigenvalue weighted by atomic mass is 16.5. The van der Waals surface area contributed by atoms with Gasteiger partial charge in [-0.05, 0) is 12.8 Å². The fourth-order valence-electron chi connectivity index (χ4n) is 14.7. The maximum atomic E-state index is 12.1. The van der Waals surface area contributed by atoms with Crippen LogP contribution in [0.2, 0.25) is 0 Å². The van der Waals surface area contributed by atoms with Gasteiger partial charge < -0.3 is 4.74 Å². The van der Waals surface area contributed by atoms with Crippen LogP contribution in [0.5, 0.6) is 0 Å². The lowest BCUT2D eigenvalue weighted by Crippen LogP contribution is -2.05. The smallest absolute Gasteiger partial charge is 0.305 e. The number of ether oxygens (including phenoxy) is 1. The Morgan fingerprint density at radius 3 is 0.355 bits per heavy atom. The van der Waals surface area contributed by atoms with E-state index in [4.69, 9.17) is 4.74 Å². The quantitative estimate of drug-likeness (QED) is 0.0448. The largest absolute Gasteiger partial charge is 0.466 e. The van der Waals surface area contributed by atoms with E-state index in [0.29, 0.717) is 13.0 Å². The van der Waals surface area contributed by atoms with Crippen LogP contribution in [0, 0.1) is 0 Å². The fraction of sp³-hybridized carbons (Fsp3) is 0.989. The van der Waals surface area contributed by atoms with Crippen molar-refractivity contribution in [3.63, 3.8) is 0 Å². The number of hydrogen-bond acceptors (Lipinski definition) is 2. The van der Waals surface area contributed by atoms with Crippen LogP contribution < -0.4 is 0 Å². The van der Waals surface area contributed by atoms with E-state index in [0.717, 1.165) is 12.8 Å². The summed E-state index contributed by atoms with van der Waals surface area (Å²) in [5, 5.41) is 0. The van der Waals surface area contributed by atoms with Gasteiger partial charge in [-0.15, -0.1) is 0 Å². The van der Waals surface area contributed by atoms with Crippen LogP contribution in [0.15, 0.2) is 0 Å². The zero-order valence-corrected chi connectivity index (χ0v) is 66.1. The van der Waals surface area contributed by atoms with Gasteiger partial charge in [0.2, 0.25) is 0 Å². The SMILES string of the molecule is CCCCCCCCCCCCCCCCCCCCCCCCCCCCCCCCCCCC.CCCCCCCCCCCCCCCCCCCCCCCCCCCCCCCCCCCC(=O)OCCCCCCCCCCCCCCCCCCC. The Morgan fingerprint density at radius 2 is 0.237 bits per heavy atom. The van der Waals surface area contributed by atoms with Crippen molar-refractivity contribution in [2.75, 3.05) is 6.61 Å².